The molecule has 0 saturated heterocycles. The van der Waals surface area contributed by atoms with Gasteiger partial charge in [0.05, 0.1) is 24.5 Å². The van der Waals surface area contributed by atoms with E-state index in [-0.39, 0.29) is 23.5 Å². The Morgan fingerprint density at radius 3 is 2.46 bits per heavy atom. The summed E-state index contributed by atoms with van der Waals surface area (Å²) in [6.07, 6.45) is -1.08. The highest BCUT2D eigenvalue weighted by atomic mass is 16.6. The van der Waals surface area contributed by atoms with Crippen molar-refractivity contribution in [3.8, 4) is 5.75 Å². The Kier molecular flexibility index (Phi) is 6.70. The molecule has 1 atom stereocenters. The molecule has 0 aliphatic heterocycles. The maximum absolute atomic E-state index is 12.3. The van der Waals surface area contributed by atoms with E-state index in [0.717, 1.165) is 16.7 Å². The molecule has 148 valence electrons. The maximum atomic E-state index is 12.3. The molecule has 0 aromatic heterocycles. The zero-order chi connectivity index (χ0) is 20.8. The van der Waals surface area contributed by atoms with Gasteiger partial charge in [-0.25, -0.2) is 0 Å². The Morgan fingerprint density at radius 2 is 1.86 bits per heavy atom. The van der Waals surface area contributed by atoms with Crippen LogP contribution in [0.5, 0.6) is 5.75 Å². The predicted molar refractivity (Wildman–Crippen MR) is 103 cm³/mol. The van der Waals surface area contributed by atoms with Gasteiger partial charge in [-0.1, -0.05) is 18.2 Å². The smallest absolute Gasteiger partial charge is 0.311 e. The first-order valence-electron chi connectivity index (χ1n) is 8.60. The van der Waals surface area contributed by atoms with Crippen LogP contribution in [0.15, 0.2) is 36.4 Å². The third-order valence-electron chi connectivity index (χ3n) is 4.26. The van der Waals surface area contributed by atoms with Gasteiger partial charge in [0.1, 0.15) is 11.4 Å². The van der Waals surface area contributed by atoms with Crippen LogP contribution in [-0.2, 0) is 20.7 Å². The molecule has 0 fully saturated rings. The summed E-state index contributed by atoms with van der Waals surface area (Å²) in [5.41, 5.74) is 2.63. The van der Waals surface area contributed by atoms with Crippen LogP contribution in [-0.4, -0.2) is 30.0 Å². The van der Waals surface area contributed by atoms with Crippen LogP contribution in [0.2, 0.25) is 0 Å². The highest BCUT2D eigenvalue weighted by Gasteiger charge is 2.22. The molecule has 8 heteroatoms. The molecule has 0 bridgehead atoms. The number of carbonyl (C=O) groups is 2. The molecule has 2 aromatic carbocycles. The van der Waals surface area contributed by atoms with E-state index in [0.29, 0.717) is 0 Å². The molecule has 0 radical (unpaired) electrons. The van der Waals surface area contributed by atoms with Gasteiger partial charge in [-0.15, -0.1) is 0 Å². The number of rotatable bonds is 7. The molecule has 0 aliphatic carbocycles. The first kappa shape index (κ1) is 20.9. The Hall–Kier alpha value is -3.42. The number of carbonyl (C=O) groups excluding carboxylic acids is 2. The molecule has 0 heterocycles. The van der Waals surface area contributed by atoms with Crippen molar-refractivity contribution in [1.29, 1.82) is 0 Å². The van der Waals surface area contributed by atoms with Gasteiger partial charge in [0.25, 0.3) is 11.6 Å². The largest absolute Gasteiger partial charge is 0.496 e. The van der Waals surface area contributed by atoms with E-state index in [2.05, 4.69) is 5.32 Å². The number of ether oxygens (including phenoxy) is 2. The Balaban J connectivity index is 2.01. The molecule has 0 saturated carbocycles. The predicted octanol–water partition coefficient (Wildman–Crippen LogP) is 3.33. The quantitative estimate of drug-likeness (QED) is 0.444. The number of esters is 1. The summed E-state index contributed by atoms with van der Waals surface area (Å²) in [5.74, 6) is -0.936. The van der Waals surface area contributed by atoms with Gasteiger partial charge >= 0.3 is 5.97 Å². The molecular formula is C20H22N2O6. The lowest BCUT2D eigenvalue weighted by Crippen LogP contribution is -2.30. The van der Waals surface area contributed by atoms with Crippen LogP contribution < -0.4 is 10.1 Å². The Morgan fingerprint density at radius 1 is 1.14 bits per heavy atom. The fraction of sp³-hybridized carbons (Fsp3) is 0.300. The second-order valence-corrected chi connectivity index (χ2v) is 6.36. The van der Waals surface area contributed by atoms with Crippen molar-refractivity contribution < 1.29 is 24.0 Å². The number of hydrogen-bond donors (Lipinski definition) is 1. The minimum Gasteiger partial charge on any atom is -0.496 e. The number of nitro groups is 1. The van der Waals surface area contributed by atoms with E-state index in [1.807, 2.05) is 32.0 Å². The third kappa shape index (κ3) is 5.29. The topological polar surface area (TPSA) is 108 Å². The SMILES string of the molecule is COc1ccc(NC(=O)[C@H](C)OC(=O)Cc2ccc(C)c(C)c2)c([N+](=O)[O-])c1. The molecule has 8 nitrogen and oxygen atoms in total. The van der Waals surface area contributed by atoms with E-state index < -0.39 is 22.9 Å². The van der Waals surface area contributed by atoms with Crippen molar-refractivity contribution in [2.45, 2.75) is 33.3 Å². The van der Waals surface area contributed by atoms with Gasteiger partial charge in [0.2, 0.25) is 0 Å². The van der Waals surface area contributed by atoms with E-state index in [1.165, 1.54) is 32.2 Å². The monoisotopic (exact) mass is 386 g/mol. The molecule has 2 rings (SSSR count). The second kappa shape index (κ2) is 8.98. The van der Waals surface area contributed by atoms with Crippen LogP contribution in [0, 0.1) is 24.0 Å². The molecule has 28 heavy (non-hydrogen) atoms. The zero-order valence-electron chi connectivity index (χ0n) is 16.1. The first-order chi connectivity index (χ1) is 13.2. The number of nitrogens with zero attached hydrogens (tertiary/aromatic N) is 1. The van der Waals surface area contributed by atoms with Crippen molar-refractivity contribution >= 4 is 23.3 Å². The van der Waals surface area contributed by atoms with E-state index in [9.17, 15) is 19.7 Å². The molecule has 0 spiro atoms. The lowest BCUT2D eigenvalue weighted by Gasteiger charge is -2.14. The molecular weight excluding hydrogens is 364 g/mol. The minimum absolute atomic E-state index is 0.00661. The van der Waals surface area contributed by atoms with Crippen molar-refractivity contribution in [1.82, 2.24) is 0 Å². The lowest BCUT2D eigenvalue weighted by atomic mass is 10.0. The van der Waals surface area contributed by atoms with Crippen LogP contribution >= 0.6 is 0 Å². The van der Waals surface area contributed by atoms with E-state index >= 15 is 0 Å². The Bertz CT molecular complexity index is 910. The number of aryl methyl sites for hydroxylation is 2. The third-order valence-corrected chi connectivity index (χ3v) is 4.26. The summed E-state index contributed by atoms with van der Waals surface area (Å²) in [4.78, 5) is 35.0. The van der Waals surface area contributed by atoms with Crippen LogP contribution in [0.25, 0.3) is 0 Å². The molecule has 1 N–H and O–H groups in total. The molecule has 0 aliphatic rings. The maximum Gasteiger partial charge on any atom is 0.311 e. The van der Waals surface area contributed by atoms with E-state index in [1.54, 1.807) is 0 Å². The molecule has 0 unspecified atom stereocenters. The van der Waals surface area contributed by atoms with Gasteiger partial charge in [-0.2, -0.15) is 0 Å². The number of amides is 1. The van der Waals surface area contributed by atoms with Gasteiger partial charge in [0, 0.05) is 0 Å². The van der Waals surface area contributed by atoms with Crippen LogP contribution in [0.4, 0.5) is 11.4 Å². The highest BCUT2D eigenvalue weighted by molar-refractivity contribution is 5.97. The summed E-state index contributed by atoms with van der Waals surface area (Å²) < 4.78 is 10.1. The lowest BCUT2D eigenvalue weighted by molar-refractivity contribution is -0.384. The number of methoxy groups -OCH3 is 1. The van der Waals surface area contributed by atoms with Crippen LogP contribution in [0.3, 0.4) is 0 Å². The van der Waals surface area contributed by atoms with Crippen molar-refractivity contribution in [3.05, 3.63) is 63.2 Å². The van der Waals surface area contributed by atoms with Gasteiger partial charge < -0.3 is 14.8 Å². The second-order valence-electron chi connectivity index (χ2n) is 6.36. The standard InChI is InChI=1S/C20H22N2O6/c1-12-5-6-15(9-13(12)2)10-19(23)28-14(3)20(24)21-17-8-7-16(27-4)11-18(17)22(25)26/h5-9,11,14H,10H2,1-4H3,(H,21,24)/t14-/m0/s1. The van der Waals surface area contributed by atoms with Gasteiger partial charge in [-0.05, 0) is 49.6 Å². The zero-order valence-corrected chi connectivity index (χ0v) is 16.1. The van der Waals surface area contributed by atoms with Gasteiger partial charge in [-0.3, -0.25) is 19.7 Å². The number of nitrogens with one attached hydrogen (secondary N) is 1. The fourth-order valence-corrected chi connectivity index (χ4v) is 2.50. The van der Waals surface area contributed by atoms with Crippen molar-refractivity contribution in [3.63, 3.8) is 0 Å². The first-order valence-corrected chi connectivity index (χ1v) is 8.60. The summed E-state index contributed by atoms with van der Waals surface area (Å²) in [5, 5.41) is 13.6. The number of anilines is 1. The highest BCUT2D eigenvalue weighted by Crippen LogP contribution is 2.29. The average molecular weight is 386 g/mol. The Labute approximate surface area is 162 Å². The van der Waals surface area contributed by atoms with Crippen LogP contribution in [0.1, 0.15) is 23.6 Å². The van der Waals surface area contributed by atoms with E-state index in [4.69, 9.17) is 9.47 Å². The van der Waals surface area contributed by atoms with Crippen molar-refractivity contribution in [2.75, 3.05) is 12.4 Å². The number of hydrogen-bond acceptors (Lipinski definition) is 6. The fourth-order valence-electron chi connectivity index (χ4n) is 2.50. The number of nitro benzene ring substituents is 1. The molecule has 2 aromatic rings. The summed E-state index contributed by atoms with van der Waals surface area (Å²) in [6, 6.07) is 9.68. The summed E-state index contributed by atoms with van der Waals surface area (Å²) >= 11 is 0. The molecule has 1 amide bonds. The number of benzene rings is 2. The summed E-state index contributed by atoms with van der Waals surface area (Å²) in [6.45, 7) is 5.33. The minimum atomic E-state index is -1.11. The van der Waals surface area contributed by atoms with Crippen molar-refractivity contribution in [2.24, 2.45) is 0 Å². The average Bonchev–Trinajstić information content (AvgIpc) is 2.64. The summed E-state index contributed by atoms with van der Waals surface area (Å²) in [7, 11) is 1.38. The van der Waals surface area contributed by atoms with Gasteiger partial charge in [0.15, 0.2) is 6.10 Å². The normalized spacial score (nSPS) is 11.4.